The molecular weight excluding hydrogens is 188 g/mol. The number of carbonyl (C=O) groups is 1. The highest BCUT2D eigenvalue weighted by Gasteiger charge is 2.24. The monoisotopic (exact) mass is 212 g/mol. The van der Waals surface area contributed by atoms with E-state index in [1.165, 1.54) is 0 Å². The zero-order chi connectivity index (χ0) is 11.4. The zero-order valence-electron chi connectivity index (χ0n) is 10.2. The molecule has 0 aromatic carbocycles. The van der Waals surface area contributed by atoms with E-state index in [0.717, 1.165) is 19.4 Å². The van der Waals surface area contributed by atoms with Crippen molar-refractivity contribution in [3.05, 3.63) is 0 Å². The fraction of sp³-hybridized carbons (Fsp3) is 0.917. The van der Waals surface area contributed by atoms with Crippen LogP contribution in [0.5, 0.6) is 0 Å². The number of carbonyl (C=O) groups excluding carboxylic acids is 1. The van der Waals surface area contributed by atoms with Crippen molar-refractivity contribution in [3.63, 3.8) is 0 Å². The molecule has 15 heavy (non-hydrogen) atoms. The lowest BCUT2D eigenvalue weighted by atomic mass is 9.89. The van der Waals surface area contributed by atoms with E-state index < -0.39 is 0 Å². The summed E-state index contributed by atoms with van der Waals surface area (Å²) in [6, 6.07) is 0.0875. The summed E-state index contributed by atoms with van der Waals surface area (Å²) < 4.78 is 0. The maximum atomic E-state index is 11.8. The summed E-state index contributed by atoms with van der Waals surface area (Å²) in [5, 5.41) is 0. The van der Waals surface area contributed by atoms with Crippen molar-refractivity contribution in [2.24, 2.45) is 17.6 Å². The Bertz CT molecular complexity index is 214. The Morgan fingerprint density at radius 1 is 1.40 bits per heavy atom. The summed E-state index contributed by atoms with van der Waals surface area (Å²) in [4.78, 5) is 13.7. The van der Waals surface area contributed by atoms with Crippen LogP contribution in [0.25, 0.3) is 0 Å². The molecule has 0 aromatic heterocycles. The third kappa shape index (κ3) is 3.82. The van der Waals surface area contributed by atoms with Crippen molar-refractivity contribution in [2.45, 2.75) is 46.1 Å². The molecule has 2 N–H and O–H groups in total. The van der Waals surface area contributed by atoms with Crippen LogP contribution in [0, 0.1) is 11.8 Å². The largest absolute Gasteiger partial charge is 0.341 e. The third-order valence-corrected chi connectivity index (χ3v) is 3.30. The summed E-state index contributed by atoms with van der Waals surface area (Å²) in [5.74, 6) is 1.68. The zero-order valence-corrected chi connectivity index (χ0v) is 10.2. The smallest absolute Gasteiger partial charge is 0.222 e. The number of nitrogens with zero attached hydrogens (tertiary/aromatic N) is 1. The average Bonchev–Trinajstić information content (AvgIpc) is 2.29. The lowest BCUT2D eigenvalue weighted by Gasteiger charge is -2.23. The Morgan fingerprint density at radius 3 is 2.60 bits per heavy atom. The molecule has 1 heterocycles. The standard InChI is InChI=1S/C12H24N2O/c1-9(2)11-4-5-12(15)14(7-6-11)8-10(3)13/h9-11H,4-8,13H2,1-3H3/t10-,11?/m0/s1. The Balaban J connectivity index is 2.51. The van der Waals surface area contributed by atoms with Crippen LogP contribution in [0.3, 0.4) is 0 Å². The summed E-state index contributed by atoms with van der Waals surface area (Å²) in [6.07, 6.45) is 2.89. The topological polar surface area (TPSA) is 46.3 Å². The average molecular weight is 212 g/mol. The van der Waals surface area contributed by atoms with Crippen molar-refractivity contribution in [1.29, 1.82) is 0 Å². The molecule has 1 fully saturated rings. The minimum Gasteiger partial charge on any atom is -0.341 e. The Morgan fingerprint density at radius 2 is 2.07 bits per heavy atom. The minimum absolute atomic E-state index is 0.0875. The molecule has 0 spiro atoms. The van der Waals surface area contributed by atoms with Crippen LogP contribution in [0.2, 0.25) is 0 Å². The van der Waals surface area contributed by atoms with E-state index in [4.69, 9.17) is 5.73 Å². The fourth-order valence-electron chi connectivity index (χ4n) is 2.27. The van der Waals surface area contributed by atoms with Crippen LogP contribution >= 0.6 is 0 Å². The van der Waals surface area contributed by atoms with Crippen LogP contribution in [0.15, 0.2) is 0 Å². The molecule has 1 amide bonds. The van der Waals surface area contributed by atoms with Gasteiger partial charge < -0.3 is 10.6 Å². The Labute approximate surface area is 93.0 Å². The second-order valence-electron chi connectivity index (χ2n) is 5.15. The minimum atomic E-state index is 0.0875. The van der Waals surface area contributed by atoms with Gasteiger partial charge in [0.15, 0.2) is 0 Å². The molecule has 0 saturated carbocycles. The van der Waals surface area contributed by atoms with Crippen molar-refractivity contribution < 1.29 is 4.79 Å². The first-order valence-corrected chi connectivity index (χ1v) is 6.04. The van der Waals surface area contributed by atoms with Gasteiger partial charge >= 0.3 is 0 Å². The van der Waals surface area contributed by atoms with Crippen LogP contribution in [0.4, 0.5) is 0 Å². The van der Waals surface area contributed by atoms with Gasteiger partial charge in [0.2, 0.25) is 5.91 Å². The van der Waals surface area contributed by atoms with Crippen molar-refractivity contribution >= 4 is 5.91 Å². The van der Waals surface area contributed by atoms with Crippen LogP contribution in [-0.2, 0) is 4.79 Å². The van der Waals surface area contributed by atoms with Crippen molar-refractivity contribution in [3.8, 4) is 0 Å². The molecule has 0 bridgehead atoms. The van der Waals surface area contributed by atoms with Gasteiger partial charge in [-0.25, -0.2) is 0 Å². The molecule has 1 unspecified atom stereocenters. The SMILES string of the molecule is CC(C)C1CCC(=O)N(C[C@H](C)N)CC1. The van der Waals surface area contributed by atoms with Gasteiger partial charge in [-0.05, 0) is 31.6 Å². The van der Waals surface area contributed by atoms with Gasteiger partial charge in [0, 0.05) is 25.6 Å². The molecule has 1 aliphatic heterocycles. The van der Waals surface area contributed by atoms with Gasteiger partial charge in [-0.1, -0.05) is 13.8 Å². The molecule has 1 saturated heterocycles. The van der Waals surface area contributed by atoms with Gasteiger partial charge in [0.05, 0.1) is 0 Å². The molecular formula is C12H24N2O. The van der Waals surface area contributed by atoms with E-state index in [-0.39, 0.29) is 11.9 Å². The molecule has 0 radical (unpaired) electrons. The second kappa shape index (κ2) is 5.50. The molecule has 1 aliphatic rings. The lowest BCUT2D eigenvalue weighted by Crippen LogP contribution is -2.39. The van der Waals surface area contributed by atoms with Gasteiger partial charge in [-0.2, -0.15) is 0 Å². The van der Waals surface area contributed by atoms with E-state index in [1.807, 2.05) is 11.8 Å². The first-order valence-electron chi connectivity index (χ1n) is 6.04. The van der Waals surface area contributed by atoms with E-state index in [2.05, 4.69) is 13.8 Å². The summed E-state index contributed by atoms with van der Waals surface area (Å²) in [6.45, 7) is 8.05. The summed E-state index contributed by atoms with van der Waals surface area (Å²) in [5.41, 5.74) is 5.74. The lowest BCUT2D eigenvalue weighted by molar-refractivity contribution is -0.130. The summed E-state index contributed by atoms with van der Waals surface area (Å²) >= 11 is 0. The quantitative estimate of drug-likeness (QED) is 0.772. The number of hydrogen-bond donors (Lipinski definition) is 1. The molecule has 2 atom stereocenters. The highest BCUT2D eigenvalue weighted by molar-refractivity contribution is 5.76. The van der Waals surface area contributed by atoms with Crippen molar-refractivity contribution in [2.75, 3.05) is 13.1 Å². The molecule has 0 aromatic rings. The Hall–Kier alpha value is -0.570. The predicted molar refractivity (Wildman–Crippen MR) is 62.4 cm³/mol. The van der Waals surface area contributed by atoms with E-state index in [1.54, 1.807) is 0 Å². The predicted octanol–water partition coefficient (Wildman–Crippen LogP) is 1.62. The Kier molecular flexibility index (Phi) is 4.58. The van der Waals surface area contributed by atoms with Crippen molar-refractivity contribution in [1.82, 2.24) is 4.90 Å². The number of amides is 1. The molecule has 3 heteroatoms. The molecule has 3 nitrogen and oxygen atoms in total. The first kappa shape index (κ1) is 12.5. The van der Waals surface area contributed by atoms with Crippen LogP contribution < -0.4 is 5.73 Å². The fourth-order valence-corrected chi connectivity index (χ4v) is 2.27. The third-order valence-electron chi connectivity index (χ3n) is 3.30. The normalized spacial score (nSPS) is 25.5. The number of likely N-dealkylation sites (tertiary alicyclic amines) is 1. The number of hydrogen-bond acceptors (Lipinski definition) is 2. The second-order valence-corrected chi connectivity index (χ2v) is 5.15. The van der Waals surface area contributed by atoms with E-state index in [0.29, 0.717) is 24.8 Å². The highest BCUT2D eigenvalue weighted by atomic mass is 16.2. The number of nitrogens with two attached hydrogens (primary N) is 1. The van der Waals surface area contributed by atoms with Crippen LogP contribution in [0.1, 0.15) is 40.0 Å². The van der Waals surface area contributed by atoms with Gasteiger partial charge in [0.1, 0.15) is 0 Å². The summed E-state index contributed by atoms with van der Waals surface area (Å²) in [7, 11) is 0. The van der Waals surface area contributed by atoms with Gasteiger partial charge in [-0.15, -0.1) is 0 Å². The van der Waals surface area contributed by atoms with Gasteiger partial charge in [-0.3, -0.25) is 4.79 Å². The molecule has 1 rings (SSSR count). The van der Waals surface area contributed by atoms with Gasteiger partial charge in [0.25, 0.3) is 0 Å². The molecule has 0 aliphatic carbocycles. The van der Waals surface area contributed by atoms with Crippen LogP contribution in [-0.4, -0.2) is 29.9 Å². The van der Waals surface area contributed by atoms with E-state index >= 15 is 0 Å². The number of rotatable bonds is 3. The molecule has 88 valence electrons. The first-order chi connectivity index (χ1) is 7.00. The maximum absolute atomic E-state index is 11.8. The maximum Gasteiger partial charge on any atom is 0.222 e. The highest BCUT2D eigenvalue weighted by Crippen LogP contribution is 2.24. The van der Waals surface area contributed by atoms with E-state index in [9.17, 15) is 4.79 Å².